The predicted molar refractivity (Wildman–Crippen MR) is 102 cm³/mol. The maximum absolute atomic E-state index is 12.8. The van der Waals surface area contributed by atoms with Gasteiger partial charge in [-0.3, -0.25) is 29.4 Å². The topological polar surface area (TPSA) is 102 Å². The van der Waals surface area contributed by atoms with E-state index in [0.717, 1.165) is 0 Å². The second-order valence-electron chi connectivity index (χ2n) is 6.42. The fourth-order valence-electron chi connectivity index (χ4n) is 3.31. The number of esters is 1. The number of amides is 2. The van der Waals surface area contributed by atoms with Gasteiger partial charge in [-0.05, 0) is 31.2 Å². The summed E-state index contributed by atoms with van der Waals surface area (Å²) in [7, 11) is 1.29. The van der Waals surface area contributed by atoms with Crippen LogP contribution in [0.25, 0.3) is 11.4 Å². The lowest BCUT2D eigenvalue weighted by Crippen LogP contribution is -2.33. The Morgan fingerprint density at radius 2 is 1.62 bits per heavy atom. The number of nitrogens with zero attached hydrogens (tertiary/aromatic N) is 4. The Morgan fingerprint density at radius 1 is 0.966 bits per heavy atom. The zero-order chi connectivity index (χ0) is 20.5. The Hall–Kier alpha value is -3.94. The molecule has 1 atom stereocenters. The molecule has 0 aliphatic carbocycles. The summed E-state index contributed by atoms with van der Waals surface area (Å²) in [4.78, 5) is 51.4. The van der Waals surface area contributed by atoms with Crippen molar-refractivity contribution in [2.75, 3.05) is 7.11 Å². The number of imide groups is 1. The van der Waals surface area contributed by atoms with Gasteiger partial charge < -0.3 is 4.74 Å². The van der Waals surface area contributed by atoms with E-state index in [1.165, 1.54) is 30.6 Å². The van der Waals surface area contributed by atoms with Gasteiger partial charge in [0, 0.05) is 18.6 Å². The average molecular weight is 388 g/mol. The van der Waals surface area contributed by atoms with Crippen molar-refractivity contribution in [3.8, 4) is 11.4 Å². The van der Waals surface area contributed by atoms with E-state index in [0.29, 0.717) is 33.8 Å². The summed E-state index contributed by atoms with van der Waals surface area (Å²) in [5.74, 6) is -1.24. The van der Waals surface area contributed by atoms with E-state index in [-0.39, 0.29) is 11.8 Å². The van der Waals surface area contributed by atoms with Crippen molar-refractivity contribution in [2.45, 2.75) is 13.0 Å². The third-order valence-corrected chi connectivity index (χ3v) is 4.76. The summed E-state index contributed by atoms with van der Waals surface area (Å²) < 4.78 is 4.68. The molecular weight excluding hydrogens is 372 g/mol. The fourth-order valence-corrected chi connectivity index (χ4v) is 3.31. The van der Waals surface area contributed by atoms with E-state index < -0.39 is 12.0 Å². The molecule has 144 valence electrons. The van der Waals surface area contributed by atoms with Crippen LogP contribution in [0.3, 0.4) is 0 Å². The Morgan fingerprint density at radius 3 is 2.21 bits per heavy atom. The van der Waals surface area contributed by atoms with Gasteiger partial charge in [0.25, 0.3) is 11.8 Å². The molecule has 1 aliphatic heterocycles. The van der Waals surface area contributed by atoms with Crippen molar-refractivity contribution in [3.63, 3.8) is 0 Å². The zero-order valence-corrected chi connectivity index (χ0v) is 15.7. The van der Waals surface area contributed by atoms with Crippen LogP contribution in [0.5, 0.6) is 0 Å². The van der Waals surface area contributed by atoms with E-state index in [9.17, 15) is 14.4 Å². The molecule has 29 heavy (non-hydrogen) atoms. The smallest absolute Gasteiger partial charge is 0.339 e. The van der Waals surface area contributed by atoms with Crippen molar-refractivity contribution in [1.29, 1.82) is 0 Å². The Balaban J connectivity index is 1.71. The van der Waals surface area contributed by atoms with E-state index in [4.69, 9.17) is 0 Å². The molecule has 3 heterocycles. The maximum Gasteiger partial charge on any atom is 0.339 e. The fraction of sp³-hybridized carbons (Fsp3) is 0.143. The first kappa shape index (κ1) is 18.4. The van der Waals surface area contributed by atoms with Crippen LogP contribution in [0.15, 0.2) is 55.0 Å². The Bertz CT molecular complexity index is 1090. The van der Waals surface area contributed by atoms with Crippen molar-refractivity contribution < 1.29 is 19.1 Å². The summed E-state index contributed by atoms with van der Waals surface area (Å²) in [5.41, 5.74) is 2.36. The number of pyridine rings is 1. The number of benzene rings is 1. The lowest BCUT2D eigenvalue weighted by Gasteiger charge is -2.23. The first-order chi connectivity index (χ1) is 14.0. The van der Waals surface area contributed by atoms with Gasteiger partial charge in [0.15, 0.2) is 0 Å². The molecule has 8 nitrogen and oxygen atoms in total. The van der Waals surface area contributed by atoms with Crippen LogP contribution in [-0.4, -0.2) is 44.7 Å². The summed E-state index contributed by atoms with van der Waals surface area (Å²) >= 11 is 0. The number of rotatable bonds is 4. The molecule has 0 spiro atoms. The first-order valence-electron chi connectivity index (χ1n) is 8.85. The van der Waals surface area contributed by atoms with Gasteiger partial charge >= 0.3 is 5.97 Å². The molecule has 1 aromatic carbocycles. The molecule has 4 rings (SSSR count). The third-order valence-electron chi connectivity index (χ3n) is 4.76. The maximum atomic E-state index is 12.8. The molecule has 0 radical (unpaired) electrons. The van der Waals surface area contributed by atoms with E-state index in [2.05, 4.69) is 19.7 Å². The number of methoxy groups -OCH3 is 1. The Labute approximate surface area is 166 Å². The molecule has 2 amide bonds. The van der Waals surface area contributed by atoms with Crippen LogP contribution >= 0.6 is 0 Å². The van der Waals surface area contributed by atoms with E-state index in [1.807, 2.05) is 0 Å². The van der Waals surface area contributed by atoms with Gasteiger partial charge in [-0.25, -0.2) is 4.79 Å². The SMILES string of the molecule is COC(=O)c1ccc(-c2nccnc2C(C)N2C(=O)c3ccccc3C2=O)nc1. The second-order valence-corrected chi connectivity index (χ2v) is 6.42. The van der Waals surface area contributed by atoms with Gasteiger partial charge in [-0.1, -0.05) is 12.1 Å². The molecule has 0 fully saturated rings. The molecule has 1 aliphatic rings. The number of carbonyl (C=O) groups excluding carboxylic acids is 3. The summed E-state index contributed by atoms with van der Waals surface area (Å²) in [6, 6.07) is 9.24. The number of fused-ring (bicyclic) bond motifs is 1. The van der Waals surface area contributed by atoms with Crippen LogP contribution in [0.4, 0.5) is 0 Å². The zero-order valence-electron chi connectivity index (χ0n) is 15.7. The molecule has 2 aromatic heterocycles. The molecule has 0 saturated carbocycles. The Kier molecular flexibility index (Phi) is 4.59. The highest BCUT2D eigenvalue weighted by atomic mass is 16.5. The third kappa shape index (κ3) is 3.04. The average Bonchev–Trinajstić information content (AvgIpc) is 3.03. The predicted octanol–water partition coefficient (Wildman–Crippen LogP) is 2.68. The summed E-state index contributed by atoms with van der Waals surface area (Å²) in [5, 5.41) is 0. The highest BCUT2D eigenvalue weighted by Crippen LogP contribution is 2.33. The van der Waals surface area contributed by atoms with Crippen LogP contribution in [0, 0.1) is 0 Å². The number of hydrogen-bond acceptors (Lipinski definition) is 7. The number of ether oxygens (including phenoxy) is 1. The van der Waals surface area contributed by atoms with Gasteiger partial charge in [0.2, 0.25) is 0 Å². The minimum atomic E-state index is -0.659. The minimum Gasteiger partial charge on any atom is -0.465 e. The molecule has 0 bridgehead atoms. The molecule has 3 aromatic rings. The molecule has 0 saturated heterocycles. The van der Waals surface area contributed by atoms with Gasteiger partial charge in [0.1, 0.15) is 5.69 Å². The van der Waals surface area contributed by atoms with Crippen molar-refractivity contribution in [2.24, 2.45) is 0 Å². The van der Waals surface area contributed by atoms with Crippen molar-refractivity contribution in [1.82, 2.24) is 19.9 Å². The molecule has 1 unspecified atom stereocenters. The molecule has 8 heteroatoms. The van der Waals surface area contributed by atoms with Crippen LogP contribution in [0.1, 0.15) is 49.7 Å². The van der Waals surface area contributed by atoms with Crippen molar-refractivity contribution in [3.05, 3.63) is 77.4 Å². The highest BCUT2D eigenvalue weighted by molar-refractivity contribution is 6.21. The molecular formula is C21H16N4O4. The van der Waals surface area contributed by atoms with Gasteiger partial charge in [-0.15, -0.1) is 0 Å². The monoisotopic (exact) mass is 388 g/mol. The standard InChI is InChI=1S/C21H16N4O4/c1-12(25-19(26)14-5-3-4-6-15(14)20(25)27)17-18(23-10-9-22-17)16-8-7-13(11-24-16)21(28)29-2/h3-12H,1-2H3. The first-order valence-corrected chi connectivity index (χ1v) is 8.85. The van der Waals surface area contributed by atoms with Crippen LogP contribution < -0.4 is 0 Å². The van der Waals surface area contributed by atoms with Crippen molar-refractivity contribution >= 4 is 17.8 Å². The van der Waals surface area contributed by atoms with Gasteiger partial charge in [-0.2, -0.15) is 0 Å². The van der Waals surface area contributed by atoms with Crippen LogP contribution in [0.2, 0.25) is 0 Å². The highest BCUT2D eigenvalue weighted by Gasteiger charge is 2.40. The number of hydrogen-bond donors (Lipinski definition) is 0. The summed E-state index contributed by atoms with van der Waals surface area (Å²) in [6.45, 7) is 1.72. The number of aromatic nitrogens is 3. The lowest BCUT2D eigenvalue weighted by atomic mass is 10.1. The summed E-state index contributed by atoms with van der Waals surface area (Å²) in [6.07, 6.45) is 4.38. The molecule has 0 N–H and O–H groups in total. The normalized spacial score (nSPS) is 13.9. The number of carbonyl (C=O) groups is 3. The second kappa shape index (κ2) is 7.23. The quantitative estimate of drug-likeness (QED) is 0.500. The van der Waals surface area contributed by atoms with E-state index in [1.54, 1.807) is 43.3 Å². The van der Waals surface area contributed by atoms with Crippen LogP contribution in [-0.2, 0) is 4.74 Å². The minimum absolute atomic E-state index is 0.301. The van der Waals surface area contributed by atoms with Gasteiger partial charge in [0.05, 0.1) is 41.2 Å². The lowest BCUT2D eigenvalue weighted by molar-refractivity contribution is 0.0583. The van der Waals surface area contributed by atoms with E-state index >= 15 is 0 Å². The largest absolute Gasteiger partial charge is 0.465 e.